The van der Waals surface area contributed by atoms with Gasteiger partial charge in [-0.3, -0.25) is 4.79 Å². The van der Waals surface area contributed by atoms with Crippen LogP contribution in [0.4, 0.5) is 5.69 Å². The number of thiophene rings is 1. The highest BCUT2D eigenvalue weighted by molar-refractivity contribution is 7.12. The van der Waals surface area contributed by atoms with Crippen LogP contribution >= 0.6 is 11.3 Å². The first-order valence-corrected chi connectivity index (χ1v) is 9.58. The number of hydrogen-bond donors (Lipinski definition) is 0. The molecule has 4 heteroatoms. The Morgan fingerprint density at radius 2 is 1.81 bits per heavy atom. The van der Waals surface area contributed by atoms with E-state index in [-0.39, 0.29) is 17.9 Å². The molecule has 5 rings (SSSR count). The van der Waals surface area contributed by atoms with Crippen molar-refractivity contribution in [2.24, 2.45) is 0 Å². The lowest BCUT2D eigenvalue weighted by Crippen LogP contribution is -2.38. The fourth-order valence-electron chi connectivity index (χ4n) is 3.78. The summed E-state index contributed by atoms with van der Waals surface area (Å²) in [4.78, 5) is 16.1. The van der Waals surface area contributed by atoms with E-state index in [0.717, 1.165) is 33.9 Å². The molecule has 0 radical (unpaired) electrons. The standard InChI is InChI=1S/C22H17NO2S/c24-22(20-11-6-12-26-20)17-14-23-18-9-4-5-10-19(18)25-21(23)13-16(17)15-7-2-1-3-8-15/h1-12,14,16,21H,13H2/t16-,21+/m0/s1. The highest BCUT2D eigenvalue weighted by Crippen LogP contribution is 2.46. The van der Waals surface area contributed by atoms with Crippen LogP contribution in [-0.2, 0) is 0 Å². The van der Waals surface area contributed by atoms with Gasteiger partial charge in [-0.1, -0.05) is 48.5 Å². The fourth-order valence-corrected chi connectivity index (χ4v) is 4.47. The Kier molecular flexibility index (Phi) is 3.64. The lowest BCUT2D eigenvalue weighted by Gasteiger charge is -2.33. The summed E-state index contributed by atoms with van der Waals surface area (Å²) in [5, 5.41) is 1.95. The molecule has 0 unspecified atom stereocenters. The van der Waals surface area contributed by atoms with Crippen molar-refractivity contribution in [3.8, 4) is 5.75 Å². The smallest absolute Gasteiger partial charge is 0.201 e. The molecule has 3 nitrogen and oxygen atoms in total. The lowest BCUT2D eigenvalue weighted by molar-refractivity contribution is 0.102. The van der Waals surface area contributed by atoms with Crippen LogP contribution in [0.1, 0.15) is 27.6 Å². The van der Waals surface area contributed by atoms with Gasteiger partial charge in [0.25, 0.3) is 0 Å². The molecule has 3 aromatic rings. The minimum absolute atomic E-state index is 0.0290. The summed E-state index contributed by atoms with van der Waals surface area (Å²) in [5.41, 5.74) is 3.01. The Morgan fingerprint density at radius 1 is 1.00 bits per heavy atom. The number of para-hydroxylation sites is 2. The molecular weight excluding hydrogens is 342 g/mol. The molecule has 128 valence electrons. The first-order chi connectivity index (χ1) is 12.8. The number of fused-ring (bicyclic) bond motifs is 3. The monoisotopic (exact) mass is 359 g/mol. The van der Waals surface area contributed by atoms with E-state index in [0.29, 0.717) is 0 Å². The second-order valence-electron chi connectivity index (χ2n) is 6.54. The zero-order chi connectivity index (χ0) is 17.5. The third kappa shape index (κ3) is 2.45. The van der Waals surface area contributed by atoms with Crippen LogP contribution in [0.5, 0.6) is 5.75 Å². The summed E-state index contributed by atoms with van der Waals surface area (Å²) >= 11 is 1.49. The van der Waals surface area contributed by atoms with Gasteiger partial charge in [0.15, 0.2) is 6.23 Å². The highest BCUT2D eigenvalue weighted by atomic mass is 32.1. The second kappa shape index (κ2) is 6.15. The number of carbonyl (C=O) groups is 1. The van der Waals surface area contributed by atoms with Crippen molar-refractivity contribution in [1.29, 1.82) is 0 Å². The van der Waals surface area contributed by atoms with Gasteiger partial charge < -0.3 is 9.64 Å². The number of benzene rings is 2. The van der Waals surface area contributed by atoms with Gasteiger partial charge in [-0.15, -0.1) is 11.3 Å². The van der Waals surface area contributed by atoms with Crippen molar-refractivity contribution in [2.45, 2.75) is 18.6 Å². The maximum Gasteiger partial charge on any atom is 0.201 e. The van der Waals surface area contributed by atoms with Crippen LogP contribution in [0, 0.1) is 0 Å². The Bertz CT molecular complexity index is 978. The van der Waals surface area contributed by atoms with Gasteiger partial charge in [0, 0.05) is 24.1 Å². The average molecular weight is 359 g/mol. The van der Waals surface area contributed by atoms with E-state index in [4.69, 9.17) is 4.74 Å². The van der Waals surface area contributed by atoms with Crippen molar-refractivity contribution in [3.63, 3.8) is 0 Å². The normalized spacial score (nSPS) is 20.8. The van der Waals surface area contributed by atoms with Gasteiger partial charge in [-0.05, 0) is 29.1 Å². The van der Waals surface area contributed by atoms with Gasteiger partial charge >= 0.3 is 0 Å². The number of Topliss-reactive ketones (excluding diaryl/α,β-unsaturated/α-hetero) is 1. The van der Waals surface area contributed by atoms with Crippen molar-refractivity contribution in [1.82, 2.24) is 0 Å². The number of anilines is 1. The van der Waals surface area contributed by atoms with E-state index < -0.39 is 0 Å². The Hall–Kier alpha value is -2.85. The van der Waals surface area contributed by atoms with E-state index in [9.17, 15) is 4.79 Å². The maximum atomic E-state index is 13.2. The molecule has 0 N–H and O–H groups in total. The molecule has 2 aromatic carbocycles. The molecule has 0 bridgehead atoms. The molecule has 1 aromatic heterocycles. The van der Waals surface area contributed by atoms with E-state index in [1.165, 1.54) is 11.3 Å². The fraction of sp³-hybridized carbons (Fsp3) is 0.136. The van der Waals surface area contributed by atoms with E-state index in [1.54, 1.807) is 0 Å². The molecule has 0 spiro atoms. The van der Waals surface area contributed by atoms with Crippen molar-refractivity contribution >= 4 is 22.8 Å². The van der Waals surface area contributed by atoms with Gasteiger partial charge in [-0.2, -0.15) is 0 Å². The topological polar surface area (TPSA) is 29.5 Å². The predicted octanol–water partition coefficient (Wildman–Crippen LogP) is 5.23. The molecule has 2 aliphatic rings. The zero-order valence-electron chi connectivity index (χ0n) is 14.0. The third-order valence-electron chi connectivity index (χ3n) is 5.02. The van der Waals surface area contributed by atoms with Crippen LogP contribution in [0.15, 0.2) is 83.9 Å². The van der Waals surface area contributed by atoms with Gasteiger partial charge in [-0.25, -0.2) is 0 Å². The molecular formula is C22H17NO2S. The average Bonchev–Trinajstić information content (AvgIpc) is 3.35. The van der Waals surface area contributed by atoms with Crippen LogP contribution in [0.3, 0.4) is 0 Å². The zero-order valence-corrected chi connectivity index (χ0v) is 14.9. The highest BCUT2D eigenvalue weighted by Gasteiger charge is 2.39. The van der Waals surface area contributed by atoms with Crippen molar-refractivity contribution in [2.75, 3.05) is 4.90 Å². The summed E-state index contributed by atoms with van der Waals surface area (Å²) in [6, 6.07) is 22.1. The number of ether oxygens (including phenoxy) is 1. The molecule has 0 amide bonds. The summed E-state index contributed by atoms with van der Waals surface area (Å²) < 4.78 is 6.15. The molecule has 3 heterocycles. The van der Waals surface area contributed by atoms with Crippen molar-refractivity contribution < 1.29 is 9.53 Å². The Labute approximate surface area is 156 Å². The molecule has 0 saturated carbocycles. The van der Waals surface area contributed by atoms with Gasteiger partial charge in [0.05, 0.1) is 10.6 Å². The Morgan fingerprint density at radius 3 is 2.62 bits per heavy atom. The number of hydrogen-bond acceptors (Lipinski definition) is 4. The van der Waals surface area contributed by atoms with Crippen LogP contribution in [0.25, 0.3) is 0 Å². The summed E-state index contributed by atoms with van der Waals surface area (Å²) in [6.45, 7) is 0. The SMILES string of the molecule is O=C(C1=CN2c3ccccc3O[C@@H]2C[C@H]1c1ccccc1)c1cccs1. The minimum Gasteiger partial charge on any atom is -0.468 e. The molecule has 26 heavy (non-hydrogen) atoms. The predicted molar refractivity (Wildman–Crippen MR) is 104 cm³/mol. The summed E-state index contributed by atoms with van der Waals surface area (Å²) in [5.74, 6) is 1.02. The number of ketones is 1. The molecule has 0 aliphatic carbocycles. The lowest BCUT2D eigenvalue weighted by atomic mass is 9.83. The van der Waals surface area contributed by atoms with E-state index in [1.807, 2.05) is 66.2 Å². The molecule has 2 aliphatic heterocycles. The van der Waals surface area contributed by atoms with Crippen LogP contribution in [-0.4, -0.2) is 12.0 Å². The van der Waals surface area contributed by atoms with E-state index >= 15 is 0 Å². The van der Waals surface area contributed by atoms with E-state index in [2.05, 4.69) is 17.0 Å². The largest absolute Gasteiger partial charge is 0.468 e. The van der Waals surface area contributed by atoms with Gasteiger partial charge in [0.2, 0.25) is 5.78 Å². The van der Waals surface area contributed by atoms with Crippen LogP contribution in [0.2, 0.25) is 0 Å². The molecule has 0 saturated heterocycles. The maximum absolute atomic E-state index is 13.2. The number of nitrogens with zero attached hydrogens (tertiary/aromatic N) is 1. The molecule has 0 fully saturated rings. The Balaban J connectivity index is 1.61. The van der Waals surface area contributed by atoms with Crippen molar-refractivity contribution in [3.05, 3.63) is 94.3 Å². The summed E-state index contributed by atoms with van der Waals surface area (Å²) in [7, 11) is 0. The minimum atomic E-state index is -0.0718. The molecule has 2 atom stereocenters. The first-order valence-electron chi connectivity index (χ1n) is 8.70. The second-order valence-corrected chi connectivity index (χ2v) is 7.49. The summed E-state index contributed by atoms with van der Waals surface area (Å²) in [6.07, 6.45) is 2.68. The quantitative estimate of drug-likeness (QED) is 0.600. The third-order valence-corrected chi connectivity index (χ3v) is 5.89. The number of carbonyl (C=O) groups excluding carboxylic acids is 1. The van der Waals surface area contributed by atoms with Crippen LogP contribution < -0.4 is 9.64 Å². The van der Waals surface area contributed by atoms with Gasteiger partial charge in [0.1, 0.15) is 5.75 Å². The number of rotatable bonds is 3. The first kappa shape index (κ1) is 15.4. The number of allylic oxidation sites excluding steroid dienone is 1.